The number of carbonyl (C=O) groups is 1. The van der Waals surface area contributed by atoms with Crippen LogP contribution in [-0.4, -0.2) is 12.5 Å². The van der Waals surface area contributed by atoms with Gasteiger partial charge in [0.1, 0.15) is 5.82 Å². The van der Waals surface area contributed by atoms with Crippen molar-refractivity contribution in [3.63, 3.8) is 0 Å². The van der Waals surface area contributed by atoms with E-state index in [1.165, 1.54) is 12.1 Å². The zero-order valence-electron chi connectivity index (χ0n) is 11.9. The van der Waals surface area contributed by atoms with Crippen LogP contribution in [-0.2, 0) is 6.42 Å². The third-order valence-electron chi connectivity index (χ3n) is 3.95. The molecular formula is C17H17FN2O. The summed E-state index contributed by atoms with van der Waals surface area (Å²) in [5.41, 5.74) is 9.02. The number of benzene rings is 2. The van der Waals surface area contributed by atoms with Gasteiger partial charge in [0.05, 0.1) is 16.9 Å². The molecule has 0 saturated carbocycles. The Morgan fingerprint density at radius 3 is 2.81 bits per heavy atom. The Bertz CT molecular complexity index is 712. The van der Waals surface area contributed by atoms with Crippen LogP contribution in [0.2, 0.25) is 0 Å². The van der Waals surface area contributed by atoms with Gasteiger partial charge in [-0.25, -0.2) is 4.39 Å². The molecule has 3 rings (SSSR count). The molecule has 1 aliphatic heterocycles. The number of nitrogens with two attached hydrogens (primary N) is 1. The minimum absolute atomic E-state index is 0.0804. The molecular weight excluding hydrogens is 267 g/mol. The number of hydrogen-bond donors (Lipinski definition) is 1. The molecule has 21 heavy (non-hydrogen) atoms. The van der Waals surface area contributed by atoms with Gasteiger partial charge in [0, 0.05) is 6.54 Å². The molecule has 1 heterocycles. The Hall–Kier alpha value is -2.36. The molecule has 1 aliphatic rings. The molecule has 0 fully saturated rings. The summed E-state index contributed by atoms with van der Waals surface area (Å²) in [4.78, 5) is 14.5. The molecule has 0 radical (unpaired) electrons. The number of anilines is 2. The van der Waals surface area contributed by atoms with E-state index in [0.29, 0.717) is 6.54 Å². The summed E-state index contributed by atoms with van der Waals surface area (Å²) in [7, 11) is 0. The van der Waals surface area contributed by atoms with Crippen molar-refractivity contribution in [3.8, 4) is 0 Å². The van der Waals surface area contributed by atoms with Crippen molar-refractivity contribution in [2.24, 2.45) is 0 Å². The predicted molar refractivity (Wildman–Crippen MR) is 82.0 cm³/mol. The molecule has 2 aromatic carbocycles. The monoisotopic (exact) mass is 284 g/mol. The Labute approximate surface area is 123 Å². The first-order valence-corrected chi connectivity index (χ1v) is 7.04. The third kappa shape index (κ3) is 2.27. The van der Waals surface area contributed by atoms with Gasteiger partial charge >= 0.3 is 0 Å². The van der Waals surface area contributed by atoms with Gasteiger partial charge in [0.15, 0.2) is 0 Å². The number of halogens is 1. The van der Waals surface area contributed by atoms with Gasteiger partial charge < -0.3 is 10.6 Å². The fourth-order valence-corrected chi connectivity index (χ4v) is 2.92. The van der Waals surface area contributed by atoms with Gasteiger partial charge in [-0.1, -0.05) is 24.3 Å². The first-order chi connectivity index (χ1) is 10.1. The second kappa shape index (κ2) is 5.20. The largest absolute Gasteiger partial charge is 0.396 e. The van der Waals surface area contributed by atoms with Crippen LogP contribution >= 0.6 is 0 Å². The van der Waals surface area contributed by atoms with E-state index in [9.17, 15) is 9.18 Å². The lowest BCUT2D eigenvalue weighted by Gasteiger charge is -2.31. The molecule has 3 nitrogen and oxygen atoms in total. The second-order valence-corrected chi connectivity index (χ2v) is 5.34. The maximum absolute atomic E-state index is 13.6. The van der Waals surface area contributed by atoms with Crippen molar-refractivity contribution >= 4 is 17.3 Å². The Balaban J connectivity index is 2.07. The van der Waals surface area contributed by atoms with Gasteiger partial charge in [-0.05, 0) is 43.0 Å². The summed E-state index contributed by atoms with van der Waals surface area (Å²) >= 11 is 0. The number of para-hydroxylation sites is 2. The highest BCUT2D eigenvalue weighted by Gasteiger charge is 2.26. The molecule has 1 amide bonds. The Kier molecular flexibility index (Phi) is 3.37. The molecule has 4 heteroatoms. The fraction of sp³-hybridized carbons (Fsp3) is 0.235. The lowest BCUT2D eigenvalue weighted by Crippen LogP contribution is -2.36. The maximum Gasteiger partial charge on any atom is 0.260 e. The highest BCUT2D eigenvalue weighted by Crippen LogP contribution is 2.32. The molecule has 108 valence electrons. The van der Waals surface area contributed by atoms with Gasteiger partial charge in [0.2, 0.25) is 0 Å². The second-order valence-electron chi connectivity index (χ2n) is 5.34. The zero-order valence-corrected chi connectivity index (χ0v) is 11.9. The van der Waals surface area contributed by atoms with Crippen LogP contribution in [0.3, 0.4) is 0 Å². The number of fused-ring (bicyclic) bond motifs is 1. The number of nitrogen functional groups attached to an aromatic ring is 1. The summed E-state index contributed by atoms with van der Waals surface area (Å²) < 4.78 is 13.6. The average molecular weight is 284 g/mol. The minimum atomic E-state index is -0.553. The summed E-state index contributed by atoms with van der Waals surface area (Å²) in [5, 5.41) is 0. The average Bonchev–Trinajstić information content (AvgIpc) is 2.49. The Morgan fingerprint density at radius 1 is 1.24 bits per heavy atom. The van der Waals surface area contributed by atoms with E-state index < -0.39 is 5.82 Å². The summed E-state index contributed by atoms with van der Waals surface area (Å²) in [6.45, 7) is 2.62. The molecule has 0 aromatic heterocycles. The van der Waals surface area contributed by atoms with Crippen LogP contribution in [0.4, 0.5) is 15.8 Å². The molecule has 0 bridgehead atoms. The van der Waals surface area contributed by atoms with E-state index in [2.05, 4.69) is 0 Å². The molecule has 0 aliphatic carbocycles. The van der Waals surface area contributed by atoms with E-state index in [1.54, 1.807) is 11.0 Å². The molecule has 0 spiro atoms. The van der Waals surface area contributed by atoms with Gasteiger partial charge in [-0.15, -0.1) is 0 Å². The van der Waals surface area contributed by atoms with Crippen LogP contribution in [0.15, 0.2) is 36.4 Å². The molecule has 0 atom stereocenters. The zero-order chi connectivity index (χ0) is 15.0. The van der Waals surface area contributed by atoms with Crippen LogP contribution in [0.5, 0.6) is 0 Å². The number of hydrogen-bond acceptors (Lipinski definition) is 2. The van der Waals surface area contributed by atoms with Gasteiger partial charge in [-0.3, -0.25) is 4.79 Å². The number of amides is 1. The van der Waals surface area contributed by atoms with Crippen LogP contribution in [0, 0.1) is 12.7 Å². The maximum atomic E-state index is 13.6. The van der Waals surface area contributed by atoms with E-state index in [0.717, 1.165) is 29.7 Å². The first kappa shape index (κ1) is 13.6. The number of rotatable bonds is 1. The highest BCUT2D eigenvalue weighted by molar-refractivity contribution is 6.10. The fourth-order valence-electron chi connectivity index (χ4n) is 2.92. The van der Waals surface area contributed by atoms with Crippen LogP contribution in [0.1, 0.15) is 27.9 Å². The van der Waals surface area contributed by atoms with Crippen molar-refractivity contribution in [3.05, 3.63) is 58.9 Å². The van der Waals surface area contributed by atoms with Gasteiger partial charge in [0.25, 0.3) is 5.91 Å². The smallest absolute Gasteiger partial charge is 0.260 e. The molecule has 2 N–H and O–H groups in total. The van der Waals surface area contributed by atoms with Crippen LogP contribution in [0.25, 0.3) is 0 Å². The number of aryl methyl sites for hydroxylation is 2. The number of carbonyl (C=O) groups excluding carboxylic acids is 1. The Morgan fingerprint density at radius 2 is 2.00 bits per heavy atom. The summed E-state index contributed by atoms with van der Waals surface area (Å²) in [6, 6.07) is 10.4. The van der Waals surface area contributed by atoms with Crippen molar-refractivity contribution in [1.82, 2.24) is 0 Å². The standard InChI is InChI=1S/C17H17FN2O/c1-11-5-2-6-12-7-4-10-20(16(11)12)17(21)13-8-3-9-14(18)15(13)19/h2-3,5-6,8-9H,4,7,10,19H2,1H3. The number of nitrogens with zero attached hydrogens (tertiary/aromatic N) is 1. The molecule has 0 unspecified atom stereocenters. The SMILES string of the molecule is Cc1cccc2c1N(C(=O)c1cccc(F)c1N)CCC2. The lowest BCUT2D eigenvalue weighted by atomic mass is 9.97. The quantitative estimate of drug-likeness (QED) is 0.817. The molecule has 0 saturated heterocycles. The topological polar surface area (TPSA) is 46.3 Å². The predicted octanol–water partition coefficient (Wildman–Crippen LogP) is 3.31. The summed E-state index contributed by atoms with van der Waals surface area (Å²) in [6.07, 6.45) is 1.86. The van der Waals surface area contributed by atoms with Crippen molar-refractivity contribution < 1.29 is 9.18 Å². The minimum Gasteiger partial charge on any atom is -0.396 e. The van der Waals surface area contributed by atoms with E-state index >= 15 is 0 Å². The third-order valence-corrected chi connectivity index (χ3v) is 3.95. The summed E-state index contributed by atoms with van der Waals surface area (Å²) in [5.74, 6) is -0.787. The van der Waals surface area contributed by atoms with E-state index in [1.807, 2.05) is 25.1 Å². The lowest BCUT2D eigenvalue weighted by molar-refractivity contribution is 0.0985. The van der Waals surface area contributed by atoms with Crippen LogP contribution < -0.4 is 10.6 Å². The van der Waals surface area contributed by atoms with Crippen molar-refractivity contribution in [2.75, 3.05) is 17.2 Å². The van der Waals surface area contributed by atoms with E-state index in [-0.39, 0.29) is 17.2 Å². The normalized spacial score (nSPS) is 13.9. The van der Waals surface area contributed by atoms with Crippen molar-refractivity contribution in [2.45, 2.75) is 19.8 Å². The van der Waals surface area contributed by atoms with Crippen molar-refractivity contribution in [1.29, 1.82) is 0 Å². The van der Waals surface area contributed by atoms with Gasteiger partial charge in [-0.2, -0.15) is 0 Å². The first-order valence-electron chi connectivity index (χ1n) is 7.04. The molecule has 2 aromatic rings. The van der Waals surface area contributed by atoms with E-state index in [4.69, 9.17) is 5.73 Å². The highest BCUT2D eigenvalue weighted by atomic mass is 19.1.